The molecule has 0 spiro atoms. The van der Waals surface area contributed by atoms with Crippen LogP contribution >= 0.6 is 0 Å². The van der Waals surface area contributed by atoms with Gasteiger partial charge in [0.05, 0.1) is 0 Å². The average Bonchev–Trinajstić information content (AvgIpc) is 2.81. The fourth-order valence-corrected chi connectivity index (χ4v) is 6.58. The van der Waals surface area contributed by atoms with E-state index in [9.17, 15) is 0 Å². The van der Waals surface area contributed by atoms with Crippen LogP contribution in [0.1, 0.15) is 95.1 Å². The van der Waals surface area contributed by atoms with Crippen LogP contribution < -0.4 is 11.5 Å². The number of unbranched alkanes of at least 4 members (excludes halogenated alkanes) is 2. The van der Waals surface area contributed by atoms with Crippen LogP contribution in [-0.4, -0.2) is 0 Å². The van der Waals surface area contributed by atoms with Gasteiger partial charge in [0, 0.05) is 16.8 Å². The van der Waals surface area contributed by atoms with Gasteiger partial charge < -0.3 is 11.5 Å². The quantitative estimate of drug-likeness (QED) is 0.357. The maximum Gasteiger partial charge on any atom is 0.0314 e. The van der Waals surface area contributed by atoms with Crippen LogP contribution in [0.2, 0.25) is 0 Å². The molecule has 0 aliphatic heterocycles. The van der Waals surface area contributed by atoms with E-state index in [0.717, 1.165) is 29.1 Å². The van der Waals surface area contributed by atoms with Gasteiger partial charge in [-0.1, -0.05) is 69.7 Å². The van der Waals surface area contributed by atoms with Gasteiger partial charge in [-0.2, -0.15) is 0 Å². The third kappa shape index (κ3) is 5.10. The molecule has 2 aliphatic carbocycles. The minimum absolute atomic E-state index is 0.106. The van der Waals surface area contributed by atoms with Gasteiger partial charge in [0.15, 0.2) is 0 Å². The zero-order valence-electron chi connectivity index (χ0n) is 19.5. The summed E-state index contributed by atoms with van der Waals surface area (Å²) in [5.74, 6) is 2.88. The molecule has 2 aromatic rings. The van der Waals surface area contributed by atoms with Crippen molar-refractivity contribution in [2.45, 2.75) is 89.4 Å². The highest BCUT2D eigenvalue weighted by molar-refractivity contribution is 5.49. The Morgan fingerprint density at radius 3 is 1.65 bits per heavy atom. The van der Waals surface area contributed by atoms with E-state index in [2.05, 4.69) is 55.5 Å². The van der Waals surface area contributed by atoms with Crippen molar-refractivity contribution in [2.24, 2.45) is 17.8 Å². The van der Waals surface area contributed by atoms with E-state index in [1.807, 2.05) is 0 Å². The van der Waals surface area contributed by atoms with E-state index in [1.165, 1.54) is 88.2 Å². The first-order valence-electron chi connectivity index (χ1n) is 12.8. The molecule has 2 fully saturated rings. The lowest BCUT2D eigenvalue weighted by molar-refractivity contribution is 0.140. The molecular formula is C29H42N2. The van der Waals surface area contributed by atoms with Crippen molar-refractivity contribution < 1.29 is 0 Å². The van der Waals surface area contributed by atoms with Crippen molar-refractivity contribution >= 4 is 11.4 Å². The Kier molecular flexibility index (Phi) is 7.25. The topological polar surface area (TPSA) is 52.0 Å². The molecule has 2 nitrogen and oxygen atoms in total. The minimum Gasteiger partial charge on any atom is -0.399 e. The van der Waals surface area contributed by atoms with Crippen LogP contribution in [0.3, 0.4) is 0 Å². The van der Waals surface area contributed by atoms with Crippen LogP contribution in [0.4, 0.5) is 11.4 Å². The predicted octanol–water partition coefficient (Wildman–Crippen LogP) is 7.71. The van der Waals surface area contributed by atoms with Crippen LogP contribution in [0, 0.1) is 17.8 Å². The Hall–Kier alpha value is -1.96. The first-order chi connectivity index (χ1) is 15.1. The molecule has 0 unspecified atom stereocenters. The lowest BCUT2D eigenvalue weighted by Gasteiger charge is -2.44. The van der Waals surface area contributed by atoms with E-state index in [0.29, 0.717) is 0 Å². The normalized spacial score (nSPS) is 24.2. The zero-order chi connectivity index (χ0) is 21.7. The van der Waals surface area contributed by atoms with E-state index in [1.54, 1.807) is 0 Å². The number of nitrogen functional groups attached to an aromatic ring is 2. The number of rotatable bonds is 7. The summed E-state index contributed by atoms with van der Waals surface area (Å²) in [7, 11) is 0. The predicted molar refractivity (Wildman–Crippen MR) is 134 cm³/mol. The third-order valence-corrected chi connectivity index (χ3v) is 8.58. The van der Waals surface area contributed by atoms with E-state index in [4.69, 9.17) is 11.5 Å². The summed E-state index contributed by atoms with van der Waals surface area (Å²) >= 11 is 0. The second-order valence-corrected chi connectivity index (χ2v) is 10.4. The molecule has 0 radical (unpaired) electrons. The summed E-state index contributed by atoms with van der Waals surface area (Å²) in [6, 6.07) is 17.3. The van der Waals surface area contributed by atoms with Crippen molar-refractivity contribution in [3.63, 3.8) is 0 Å². The SMILES string of the molecule is CCCCC[C@H]1CC[C@H](C2CCC(c3ccc(N)cc3)(c3ccc(N)cc3)CC2)CC1. The Morgan fingerprint density at radius 2 is 1.16 bits per heavy atom. The number of nitrogens with two attached hydrogens (primary N) is 2. The summed E-state index contributed by atoms with van der Waals surface area (Å²) in [4.78, 5) is 0. The second kappa shape index (κ2) is 10.1. The molecule has 2 aliphatic rings. The lowest BCUT2D eigenvalue weighted by atomic mass is 9.60. The maximum absolute atomic E-state index is 6.01. The largest absolute Gasteiger partial charge is 0.399 e. The summed E-state index contributed by atoms with van der Waals surface area (Å²) in [5.41, 5.74) is 16.7. The molecule has 4 rings (SSSR count). The summed E-state index contributed by atoms with van der Waals surface area (Å²) in [6.45, 7) is 2.31. The molecule has 0 aromatic heterocycles. The number of hydrogen-bond acceptors (Lipinski definition) is 2. The van der Waals surface area contributed by atoms with Crippen molar-refractivity contribution in [2.75, 3.05) is 11.5 Å². The van der Waals surface area contributed by atoms with Crippen molar-refractivity contribution in [1.82, 2.24) is 0 Å². The Bertz CT molecular complexity index is 744. The number of anilines is 2. The molecule has 0 heterocycles. The minimum atomic E-state index is 0.106. The maximum atomic E-state index is 6.01. The van der Waals surface area contributed by atoms with Crippen LogP contribution in [0.5, 0.6) is 0 Å². The molecule has 0 amide bonds. The van der Waals surface area contributed by atoms with Gasteiger partial charge in [0.1, 0.15) is 0 Å². The fraction of sp³-hybridized carbons (Fsp3) is 0.586. The Labute approximate surface area is 189 Å². The van der Waals surface area contributed by atoms with Crippen LogP contribution in [-0.2, 0) is 5.41 Å². The van der Waals surface area contributed by atoms with Crippen molar-refractivity contribution in [1.29, 1.82) is 0 Å². The summed E-state index contributed by atoms with van der Waals surface area (Å²) in [6.07, 6.45) is 16.8. The summed E-state index contributed by atoms with van der Waals surface area (Å²) in [5, 5.41) is 0. The van der Waals surface area contributed by atoms with Crippen LogP contribution in [0.25, 0.3) is 0 Å². The molecule has 2 saturated carbocycles. The molecule has 2 heteroatoms. The zero-order valence-corrected chi connectivity index (χ0v) is 19.5. The molecule has 168 valence electrons. The standard InChI is InChI=1S/C29H42N2/c1-2-3-4-5-22-6-8-23(9-7-22)24-18-20-29(21-19-24,25-10-14-27(30)15-11-25)26-12-16-28(31)17-13-26/h10-17,22-24H,2-9,18-21,30-31H2,1H3/t22-,23-. The molecule has 0 saturated heterocycles. The molecule has 2 aromatic carbocycles. The van der Waals surface area contributed by atoms with Gasteiger partial charge in [0.2, 0.25) is 0 Å². The molecular weight excluding hydrogens is 376 g/mol. The molecule has 0 atom stereocenters. The highest BCUT2D eigenvalue weighted by Gasteiger charge is 2.40. The lowest BCUT2D eigenvalue weighted by Crippen LogP contribution is -2.36. The van der Waals surface area contributed by atoms with E-state index >= 15 is 0 Å². The van der Waals surface area contributed by atoms with Gasteiger partial charge in [-0.3, -0.25) is 0 Å². The average molecular weight is 419 g/mol. The molecule has 31 heavy (non-hydrogen) atoms. The highest BCUT2D eigenvalue weighted by Crippen LogP contribution is 2.50. The Balaban J connectivity index is 1.43. The fourth-order valence-electron chi connectivity index (χ4n) is 6.58. The molecule has 4 N–H and O–H groups in total. The van der Waals surface area contributed by atoms with Gasteiger partial charge in [-0.15, -0.1) is 0 Å². The van der Waals surface area contributed by atoms with Gasteiger partial charge in [-0.25, -0.2) is 0 Å². The van der Waals surface area contributed by atoms with Gasteiger partial charge in [0.25, 0.3) is 0 Å². The number of benzene rings is 2. The van der Waals surface area contributed by atoms with E-state index < -0.39 is 0 Å². The first-order valence-corrected chi connectivity index (χ1v) is 12.8. The molecule has 0 bridgehead atoms. The monoisotopic (exact) mass is 418 g/mol. The van der Waals surface area contributed by atoms with Crippen LogP contribution in [0.15, 0.2) is 48.5 Å². The smallest absolute Gasteiger partial charge is 0.0314 e. The van der Waals surface area contributed by atoms with Crippen molar-refractivity contribution in [3.05, 3.63) is 59.7 Å². The second-order valence-electron chi connectivity index (χ2n) is 10.4. The summed E-state index contributed by atoms with van der Waals surface area (Å²) < 4.78 is 0. The third-order valence-electron chi connectivity index (χ3n) is 8.58. The highest BCUT2D eigenvalue weighted by atomic mass is 14.6. The van der Waals surface area contributed by atoms with Gasteiger partial charge in [-0.05, 0) is 91.7 Å². The van der Waals surface area contributed by atoms with Crippen molar-refractivity contribution in [3.8, 4) is 0 Å². The number of hydrogen-bond donors (Lipinski definition) is 2. The first kappa shape index (κ1) is 22.2. The van der Waals surface area contributed by atoms with Gasteiger partial charge >= 0.3 is 0 Å². The van der Waals surface area contributed by atoms with E-state index in [-0.39, 0.29) is 5.41 Å². The Morgan fingerprint density at radius 1 is 0.677 bits per heavy atom.